The molecule has 0 aliphatic carbocycles. The van der Waals surface area contributed by atoms with Crippen molar-refractivity contribution >= 4 is 0 Å². The van der Waals surface area contributed by atoms with Crippen LogP contribution in [0, 0.1) is 0 Å². The van der Waals surface area contributed by atoms with Gasteiger partial charge in [0.1, 0.15) is 5.82 Å². The Morgan fingerprint density at radius 1 is 1.33 bits per heavy atom. The monoisotopic (exact) mass is 208 g/mol. The molecule has 86 valence electrons. The summed E-state index contributed by atoms with van der Waals surface area (Å²) in [6.07, 6.45) is 10.9. The lowest BCUT2D eigenvalue weighted by atomic mass is 10.2. The van der Waals surface area contributed by atoms with Crippen molar-refractivity contribution in [3.63, 3.8) is 0 Å². The van der Waals surface area contributed by atoms with Gasteiger partial charge in [-0.05, 0) is 19.3 Å². The number of unbranched alkanes of at least 4 members (excludes halogenated alkanes) is 3. The molecule has 0 aromatic rings. The highest BCUT2D eigenvalue weighted by Gasteiger charge is 2.14. The van der Waals surface area contributed by atoms with Crippen LogP contribution in [0.5, 0.6) is 0 Å². The van der Waals surface area contributed by atoms with Crippen LogP contribution in [0.2, 0.25) is 0 Å². The van der Waals surface area contributed by atoms with Crippen LogP contribution in [0.15, 0.2) is 24.7 Å². The number of nitrogens with zero attached hydrogens (tertiary/aromatic N) is 2. The van der Waals surface area contributed by atoms with E-state index in [1.807, 2.05) is 0 Å². The molecule has 0 bridgehead atoms. The molecule has 2 heteroatoms. The second-order valence-corrected chi connectivity index (χ2v) is 4.27. The van der Waals surface area contributed by atoms with Crippen LogP contribution >= 0.6 is 0 Å². The summed E-state index contributed by atoms with van der Waals surface area (Å²) < 4.78 is 0. The number of rotatable bonds is 5. The minimum Gasteiger partial charge on any atom is -0.362 e. The van der Waals surface area contributed by atoms with Crippen molar-refractivity contribution in [2.75, 3.05) is 20.1 Å². The van der Waals surface area contributed by atoms with Gasteiger partial charge < -0.3 is 9.80 Å². The molecule has 1 saturated heterocycles. The summed E-state index contributed by atoms with van der Waals surface area (Å²) in [4.78, 5) is 4.48. The highest BCUT2D eigenvalue weighted by Crippen LogP contribution is 2.14. The fourth-order valence-corrected chi connectivity index (χ4v) is 1.83. The Morgan fingerprint density at radius 3 is 2.87 bits per heavy atom. The van der Waals surface area contributed by atoms with Gasteiger partial charge in [-0.25, -0.2) is 0 Å². The first kappa shape index (κ1) is 12.2. The summed E-state index contributed by atoms with van der Waals surface area (Å²) in [7, 11) is 2.11. The first-order chi connectivity index (χ1) is 7.25. The molecule has 1 heterocycles. The van der Waals surface area contributed by atoms with E-state index < -0.39 is 0 Å². The predicted octanol–water partition coefficient (Wildman–Crippen LogP) is 3.19. The normalized spacial score (nSPS) is 17.9. The van der Waals surface area contributed by atoms with Gasteiger partial charge in [0.2, 0.25) is 0 Å². The van der Waals surface area contributed by atoms with Crippen LogP contribution in [0.1, 0.15) is 39.0 Å². The van der Waals surface area contributed by atoms with Gasteiger partial charge in [-0.1, -0.05) is 32.4 Å². The van der Waals surface area contributed by atoms with Gasteiger partial charge in [0.25, 0.3) is 0 Å². The smallest absolute Gasteiger partial charge is 0.100 e. The fraction of sp³-hybridized carbons (Fsp3) is 0.692. The molecule has 0 spiro atoms. The number of hydrogen-bond donors (Lipinski definition) is 0. The standard InChI is InChI=1S/C13H24N2/c1-4-5-6-7-8-11-15-12-9-10-14(3)13(15)2/h8,11H,2,4-7,9-10,12H2,1,3H3/b11-8-. The van der Waals surface area contributed by atoms with Crippen LogP contribution < -0.4 is 0 Å². The molecule has 0 atom stereocenters. The summed E-state index contributed by atoms with van der Waals surface area (Å²) >= 11 is 0. The third kappa shape index (κ3) is 3.98. The van der Waals surface area contributed by atoms with Crippen molar-refractivity contribution in [1.82, 2.24) is 9.80 Å². The third-order valence-corrected chi connectivity index (χ3v) is 2.92. The largest absolute Gasteiger partial charge is 0.362 e. The van der Waals surface area contributed by atoms with Crippen molar-refractivity contribution < 1.29 is 0 Å². The Balaban J connectivity index is 2.27. The Morgan fingerprint density at radius 2 is 2.13 bits per heavy atom. The molecule has 0 aromatic carbocycles. The molecule has 0 radical (unpaired) electrons. The minimum atomic E-state index is 1.12. The maximum absolute atomic E-state index is 4.09. The second kappa shape index (κ2) is 6.54. The van der Waals surface area contributed by atoms with Crippen LogP contribution in [-0.2, 0) is 0 Å². The van der Waals surface area contributed by atoms with E-state index in [9.17, 15) is 0 Å². The average Bonchev–Trinajstić information content (AvgIpc) is 2.24. The molecule has 0 unspecified atom stereocenters. The summed E-state index contributed by atoms with van der Waals surface area (Å²) in [5.74, 6) is 1.13. The molecular formula is C13H24N2. The zero-order valence-corrected chi connectivity index (χ0v) is 10.2. The van der Waals surface area contributed by atoms with Crippen LogP contribution in [0.3, 0.4) is 0 Å². The molecular weight excluding hydrogens is 184 g/mol. The van der Waals surface area contributed by atoms with E-state index in [0.29, 0.717) is 0 Å². The molecule has 1 aliphatic rings. The summed E-state index contributed by atoms with van der Waals surface area (Å²) in [5.41, 5.74) is 0. The molecule has 1 fully saturated rings. The second-order valence-electron chi connectivity index (χ2n) is 4.27. The number of allylic oxidation sites excluding steroid dienone is 1. The van der Waals surface area contributed by atoms with E-state index in [-0.39, 0.29) is 0 Å². The Kier molecular flexibility index (Phi) is 5.30. The third-order valence-electron chi connectivity index (χ3n) is 2.92. The van der Waals surface area contributed by atoms with Gasteiger partial charge in [0.05, 0.1) is 0 Å². The van der Waals surface area contributed by atoms with Gasteiger partial charge in [0, 0.05) is 26.3 Å². The highest BCUT2D eigenvalue weighted by atomic mass is 15.3. The molecule has 15 heavy (non-hydrogen) atoms. The molecule has 1 rings (SSSR count). The minimum absolute atomic E-state index is 1.12. The Labute approximate surface area is 94.3 Å². The SMILES string of the molecule is C=C1N(C)CCCN1/C=C\CCCCC. The summed E-state index contributed by atoms with van der Waals surface area (Å²) in [6, 6.07) is 0. The zero-order valence-electron chi connectivity index (χ0n) is 10.2. The van der Waals surface area contributed by atoms with Gasteiger partial charge in [-0.15, -0.1) is 0 Å². The molecule has 0 amide bonds. The van der Waals surface area contributed by atoms with Gasteiger partial charge >= 0.3 is 0 Å². The lowest BCUT2D eigenvalue weighted by Gasteiger charge is -2.35. The Bertz CT molecular complexity index is 221. The molecule has 2 nitrogen and oxygen atoms in total. The maximum atomic E-state index is 4.09. The first-order valence-corrected chi connectivity index (χ1v) is 6.09. The van der Waals surface area contributed by atoms with Crippen molar-refractivity contribution in [3.05, 3.63) is 24.7 Å². The van der Waals surface area contributed by atoms with Crippen molar-refractivity contribution in [3.8, 4) is 0 Å². The summed E-state index contributed by atoms with van der Waals surface area (Å²) in [6.45, 7) is 8.59. The van der Waals surface area contributed by atoms with E-state index in [0.717, 1.165) is 18.9 Å². The zero-order chi connectivity index (χ0) is 11.1. The molecule has 0 aromatic heterocycles. The number of hydrogen-bond acceptors (Lipinski definition) is 2. The topological polar surface area (TPSA) is 6.48 Å². The van der Waals surface area contributed by atoms with Gasteiger partial charge in [-0.3, -0.25) is 0 Å². The van der Waals surface area contributed by atoms with Crippen LogP contribution in [0.4, 0.5) is 0 Å². The van der Waals surface area contributed by atoms with Crippen molar-refractivity contribution in [1.29, 1.82) is 0 Å². The highest BCUT2D eigenvalue weighted by molar-refractivity contribution is 5.02. The van der Waals surface area contributed by atoms with E-state index >= 15 is 0 Å². The lowest BCUT2D eigenvalue weighted by Crippen LogP contribution is -2.36. The molecule has 1 aliphatic heterocycles. The van der Waals surface area contributed by atoms with Crippen LogP contribution in [-0.4, -0.2) is 29.9 Å². The van der Waals surface area contributed by atoms with Crippen molar-refractivity contribution in [2.45, 2.75) is 39.0 Å². The molecule has 0 N–H and O–H groups in total. The maximum Gasteiger partial charge on any atom is 0.100 e. The predicted molar refractivity (Wildman–Crippen MR) is 66.4 cm³/mol. The lowest BCUT2D eigenvalue weighted by molar-refractivity contribution is 0.231. The van der Waals surface area contributed by atoms with E-state index in [2.05, 4.69) is 42.6 Å². The van der Waals surface area contributed by atoms with Crippen molar-refractivity contribution in [2.24, 2.45) is 0 Å². The van der Waals surface area contributed by atoms with E-state index in [1.54, 1.807) is 0 Å². The van der Waals surface area contributed by atoms with Gasteiger partial charge in [-0.2, -0.15) is 0 Å². The quantitative estimate of drug-likeness (QED) is 0.640. The summed E-state index contributed by atoms with van der Waals surface area (Å²) in [5, 5.41) is 0. The van der Waals surface area contributed by atoms with E-state index in [4.69, 9.17) is 0 Å². The Hall–Kier alpha value is -0.920. The van der Waals surface area contributed by atoms with Crippen LogP contribution in [0.25, 0.3) is 0 Å². The fourth-order valence-electron chi connectivity index (χ4n) is 1.83. The van der Waals surface area contributed by atoms with Gasteiger partial charge in [0.15, 0.2) is 0 Å². The molecule has 0 saturated carbocycles. The van der Waals surface area contributed by atoms with E-state index in [1.165, 1.54) is 32.1 Å². The average molecular weight is 208 g/mol. The first-order valence-electron chi connectivity index (χ1n) is 6.09.